The zero-order valence-electron chi connectivity index (χ0n) is 9.17. The summed E-state index contributed by atoms with van der Waals surface area (Å²) in [5, 5.41) is 10.9. The van der Waals surface area contributed by atoms with Crippen LogP contribution in [0.4, 0.5) is 0 Å². The number of hydrogen-bond donors (Lipinski definition) is 1. The van der Waals surface area contributed by atoms with Gasteiger partial charge in [-0.05, 0) is 18.3 Å². The first-order valence-electron chi connectivity index (χ1n) is 5.18. The molecule has 0 aromatic carbocycles. The van der Waals surface area contributed by atoms with Gasteiger partial charge in [0.2, 0.25) is 0 Å². The van der Waals surface area contributed by atoms with Crippen molar-refractivity contribution in [1.29, 1.82) is 0 Å². The largest absolute Gasteiger partial charge is 0.314 e. The summed E-state index contributed by atoms with van der Waals surface area (Å²) in [6.07, 6.45) is 1.03. The van der Waals surface area contributed by atoms with Crippen molar-refractivity contribution in [2.75, 3.05) is 13.1 Å². The van der Waals surface area contributed by atoms with Gasteiger partial charge in [-0.2, -0.15) is 5.06 Å². The van der Waals surface area contributed by atoms with Gasteiger partial charge in [0.05, 0.1) is 0 Å². The van der Waals surface area contributed by atoms with Crippen LogP contribution in [0.25, 0.3) is 0 Å². The fourth-order valence-corrected chi connectivity index (χ4v) is 2.00. The second-order valence-electron chi connectivity index (χ2n) is 4.50. The Kier molecular flexibility index (Phi) is 3.51. The van der Waals surface area contributed by atoms with Crippen LogP contribution in [0.15, 0.2) is 11.1 Å². The van der Waals surface area contributed by atoms with Gasteiger partial charge in [-0.15, -0.1) is 0 Å². The molecule has 0 atom stereocenters. The fourth-order valence-electron chi connectivity index (χ4n) is 2.00. The summed E-state index contributed by atoms with van der Waals surface area (Å²) >= 11 is 0. The van der Waals surface area contributed by atoms with Gasteiger partial charge in [0.1, 0.15) is 0 Å². The first-order valence-corrected chi connectivity index (χ1v) is 5.18. The highest BCUT2D eigenvalue weighted by molar-refractivity contribution is 5.21. The SMILES string of the molecule is CC(C)C1=C(C(C)C)CN(O)CC1. The highest BCUT2D eigenvalue weighted by atomic mass is 16.5. The fraction of sp³-hybridized carbons (Fsp3) is 0.818. The summed E-state index contributed by atoms with van der Waals surface area (Å²) in [7, 11) is 0. The third-order valence-corrected chi connectivity index (χ3v) is 2.80. The van der Waals surface area contributed by atoms with Gasteiger partial charge >= 0.3 is 0 Å². The van der Waals surface area contributed by atoms with E-state index in [9.17, 15) is 5.21 Å². The minimum atomic E-state index is 0.562. The second kappa shape index (κ2) is 4.25. The quantitative estimate of drug-likeness (QED) is 0.665. The Morgan fingerprint density at radius 3 is 2.08 bits per heavy atom. The monoisotopic (exact) mass is 183 g/mol. The van der Waals surface area contributed by atoms with Gasteiger partial charge < -0.3 is 5.21 Å². The van der Waals surface area contributed by atoms with Gasteiger partial charge in [-0.3, -0.25) is 0 Å². The number of hydroxylamine groups is 2. The molecule has 2 nitrogen and oxygen atoms in total. The van der Waals surface area contributed by atoms with Crippen LogP contribution in [0.5, 0.6) is 0 Å². The lowest BCUT2D eigenvalue weighted by atomic mass is 9.86. The van der Waals surface area contributed by atoms with Gasteiger partial charge in [0, 0.05) is 13.1 Å². The van der Waals surface area contributed by atoms with Crippen LogP contribution in [-0.2, 0) is 0 Å². The molecule has 0 aromatic rings. The zero-order chi connectivity index (χ0) is 10.0. The summed E-state index contributed by atoms with van der Waals surface area (Å²) in [4.78, 5) is 0. The van der Waals surface area contributed by atoms with Crippen molar-refractivity contribution in [3.8, 4) is 0 Å². The van der Waals surface area contributed by atoms with E-state index in [1.54, 1.807) is 5.57 Å². The molecule has 1 rings (SSSR count). The molecule has 1 aliphatic heterocycles. The van der Waals surface area contributed by atoms with Gasteiger partial charge in [-0.25, -0.2) is 0 Å². The van der Waals surface area contributed by atoms with E-state index in [0.29, 0.717) is 11.8 Å². The maximum absolute atomic E-state index is 9.43. The van der Waals surface area contributed by atoms with Crippen molar-refractivity contribution in [3.05, 3.63) is 11.1 Å². The number of nitrogens with zero attached hydrogens (tertiary/aromatic N) is 1. The smallest absolute Gasteiger partial charge is 0.0453 e. The molecule has 0 saturated carbocycles. The van der Waals surface area contributed by atoms with E-state index in [-0.39, 0.29) is 0 Å². The minimum absolute atomic E-state index is 0.562. The number of rotatable bonds is 2. The van der Waals surface area contributed by atoms with Crippen LogP contribution in [0, 0.1) is 11.8 Å². The third-order valence-electron chi connectivity index (χ3n) is 2.80. The predicted octanol–water partition coefficient (Wildman–Crippen LogP) is 2.69. The Morgan fingerprint density at radius 1 is 1.08 bits per heavy atom. The van der Waals surface area contributed by atoms with Crippen LogP contribution in [-0.4, -0.2) is 23.4 Å². The molecule has 0 aromatic heterocycles. The molecule has 13 heavy (non-hydrogen) atoms. The van der Waals surface area contributed by atoms with Crippen molar-refractivity contribution >= 4 is 0 Å². The van der Waals surface area contributed by atoms with E-state index in [4.69, 9.17) is 0 Å². The maximum atomic E-state index is 9.43. The molecule has 0 unspecified atom stereocenters. The molecule has 76 valence electrons. The van der Waals surface area contributed by atoms with Crippen LogP contribution in [0.3, 0.4) is 0 Å². The molecule has 1 N–H and O–H groups in total. The summed E-state index contributed by atoms with van der Waals surface area (Å²) < 4.78 is 0. The summed E-state index contributed by atoms with van der Waals surface area (Å²) in [5.41, 5.74) is 2.99. The molecule has 0 bridgehead atoms. The van der Waals surface area contributed by atoms with Crippen LogP contribution < -0.4 is 0 Å². The molecular weight excluding hydrogens is 162 g/mol. The topological polar surface area (TPSA) is 23.5 Å². The Balaban J connectivity index is 2.87. The summed E-state index contributed by atoms with van der Waals surface area (Å²) in [5.74, 6) is 1.19. The zero-order valence-corrected chi connectivity index (χ0v) is 9.17. The molecule has 2 heteroatoms. The molecule has 0 radical (unpaired) electrons. The Hall–Kier alpha value is -0.340. The van der Waals surface area contributed by atoms with E-state index in [1.165, 1.54) is 10.6 Å². The lowest BCUT2D eigenvalue weighted by Crippen LogP contribution is -2.31. The Bertz CT molecular complexity index is 206. The normalized spacial score (nSPS) is 20.5. The van der Waals surface area contributed by atoms with Crippen molar-refractivity contribution in [3.63, 3.8) is 0 Å². The van der Waals surface area contributed by atoms with Gasteiger partial charge in [-0.1, -0.05) is 38.8 Å². The molecule has 1 aliphatic rings. The average Bonchev–Trinajstić information content (AvgIpc) is 2.03. The Morgan fingerprint density at radius 2 is 1.62 bits per heavy atom. The second-order valence-corrected chi connectivity index (χ2v) is 4.50. The molecule has 0 fully saturated rings. The maximum Gasteiger partial charge on any atom is 0.0453 e. The van der Waals surface area contributed by atoms with E-state index in [1.807, 2.05) is 0 Å². The lowest BCUT2D eigenvalue weighted by Gasteiger charge is -2.30. The summed E-state index contributed by atoms with van der Waals surface area (Å²) in [6, 6.07) is 0. The highest BCUT2D eigenvalue weighted by Crippen LogP contribution is 2.28. The van der Waals surface area contributed by atoms with E-state index in [0.717, 1.165) is 19.5 Å². The highest BCUT2D eigenvalue weighted by Gasteiger charge is 2.21. The van der Waals surface area contributed by atoms with Crippen molar-refractivity contribution in [2.45, 2.75) is 34.1 Å². The molecule has 0 saturated heterocycles. The first-order chi connectivity index (χ1) is 6.02. The van der Waals surface area contributed by atoms with Gasteiger partial charge in [0.15, 0.2) is 0 Å². The van der Waals surface area contributed by atoms with E-state index >= 15 is 0 Å². The molecule has 0 aliphatic carbocycles. The lowest BCUT2D eigenvalue weighted by molar-refractivity contribution is -0.0877. The molecular formula is C11H21NO. The third kappa shape index (κ3) is 2.55. The minimum Gasteiger partial charge on any atom is -0.314 e. The summed E-state index contributed by atoms with van der Waals surface area (Å²) in [6.45, 7) is 10.4. The molecule has 0 spiro atoms. The van der Waals surface area contributed by atoms with Gasteiger partial charge in [0.25, 0.3) is 0 Å². The Labute approximate surface area is 81.2 Å². The molecule has 0 amide bonds. The average molecular weight is 183 g/mol. The van der Waals surface area contributed by atoms with Crippen molar-refractivity contribution in [2.24, 2.45) is 11.8 Å². The van der Waals surface area contributed by atoms with Crippen LogP contribution in [0.1, 0.15) is 34.1 Å². The van der Waals surface area contributed by atoms with Crippen LogP contribution in [0.2, 0.25) is 0 Å². The number of hydrogen-bond acceptors (Lipinski definition) is 2. The predicted molar refractivity (Wildman–Crippen MR) is 54.7 cm³/mol. The van der Waals surface area contributed by atoms with Crippen molar-refractivity contribution < 1.29 is 5.21 Å². The van der Waals surface area contributed by atoms with E-state index < -0.39 is 0 Å². The standard InChI is InChI=1S/C11H21NO/c1-8(2)10-5-6-12(13)7-11(10)9(3)4/h8-9,13H,5-7H2,1-4H3. The van der Waals surface area contributed by atoms with E-state index in [2.05, 4.69) is 27.7 Å². The van der Waals surface area contributed by atoms with Crippen molar-refractivity contribution in [1.82, 2.24) is 5.06 Å². The first kappa shape index (κ1) is 10.7. The van der Waals surface area contributed by atoms with Crippen LogP contribution >= 0.6 is 0 Å². The molecule has 1 heterocycles.